The number of aliphatic hydroxyl groups excluding tert-OH is 1. The molecule has 3 heteroatoms. The quantitative estimate of drug-likeness (QED) is 0.597. The predicted octanol–water partition coefficient (Wildman–Crippen LogP) is 1.09. The van der Waals surface area contributed by atoms with E-state index in [1.54, 1.807) is 0 Å². The molecule has 0 aromatic rings. The maximum atomic E-state index is 8.71. The minimum atomic E-state index is 0.297. The summed E-state index contributed by atoms with van der Waals surface area (Å²) in [6.45, 7) is 4.38. The van der Waals surface area contributed by atoms with E-state index in [-0.39, 0.29) is 0 Å². The Morgan fingerprint density at radius 1 is 1.45 bits per heavy atom. The van der Waals surface area contributed by atoms with Crippen molar-refractivity contribution in [1.29, 1.82) is 0 Å². The number of aliphatic hydroxyl groups is 1. The zero-order chi connectivity index (χ0) is 8.69. The summed E-state index contributed by atoms with van der Waals surface area (Å²) < 4.78 is 0. The Labute approximate surface area is 73.6 Å². The van der Waals surface area contributed by atoms with E-state index in [0.29, 0.717) is 18.6 Å². The minimum absolute atomic E-state index is 0.297. The third-order valence-corrected chi connectivity index (χ3v) is 2.76. The summed E-state index contributed by atoms with van der Waals surface area (Å²) in [7, 11) is 0. The molecule has 0 heterocycles. The van der Waals surface area contributed by atoms with Gasteiger partial charge in [0.05, 0.1) is 0 Å². The van der Waals surface area contributed by atoms with Crippen molar-refractivity contribution in [3.05, 3.63) is 0 Å². The second-order valence-corrected chi connectivity index (χ2v) is 4.28. The van der Waals surface area contributed by atoms with Crippen LogP contribution < -0.4 is 5.73 Å². The van der Waals surface area contributed by atoms with E-state index in [2.05, 4.69) is 6.92 Å². The summed E-state index contributed by atoms with van der Waals surface area (Å²) in [5.41, 5.74) is 5.58. The van der Waals surface area contributed by atoms with Crippen LogP contribution in [-0.2, 0) is 0 Å². The van der Waals surface area contributed by atoms with E-state index in [1.165, 1.54) is 0 Å². The van der Waals surface area contributed by atoms with Gasteiger partial charge in [0.25, 0.3) is 0 Å². The fraction of sp³-hybridized carbons (Fsp3) is 1.00. The van der Waals surface area contributed by atoms with Crippen LogP contribution in [0.2, 0.25) is 0 Å². The molecule has 0 radical (unpaired) electrons. The Morgan fingerprint density at radius 2 is 2.09 bits per heavy atom. The molecule has 0 amide bonds. The van der Waals surface area contributed by atoms with Crippen LogP contribution in [0.15, 0.2) is 0 Å². The molecule has 0 aliphatic rings. The van der Waals surface area contributed by atoms with Gasteiger partial charge in [-0.25, -0.2) is 0 Å². The highest BCUT2D eigenvalue weighted by atomic mass is 32.2. The molecular formula is C8H19NOS. The lowest BCUT2D eigenvalue weighted by Crippen LogP contribution is -2.15. The van der Waals surface area contributed by atoms with Crippen LogP contribution in [-0.4, -0.2) is 29.3 Å². The van der Waals surface area contributed by atoms with Crippen LogP contribution in [0.3, 0.4) is 0 Å². The Hall–Kier alpha value is 0.270. The molecule has 0 saturated heterocycles. The molecule has 0 fully saturated rings. The molecule has 0 aliphatic carbocycles. The number of thioether (sulfide) groups is 1. The Kier molecular flexibility index (Phi) is 7.12. The van der Waals surface area contributed by atoms with Crippen LogP contribution >= 0.6 is 11.8 Å². The van der Waals surface area contributed by atoms with Crippen molar-refractivity contribution in [2.75, 3.05) is 18.1 Å². The fourth-order valence-corrected chi connectivity index (χ4v) is 1.82. The van der Waals surface area contributed by atoms with E-state index < -0.39 is 0 Å². The normalized spacial score (nSPS) is 16.4. The Balaban J connectivity index is 3.01. The van der Waals surface area contributed by atoms with Gasteiger partial charge in [-0.3, -0.25) is 0 Å². The van der Waals surface area contributed by atoms with Crippen molar-refractivity contribution in [3.63, 3.8) is 0 Å². The Bertz CT molecular complexity index is 88.2. The molecule has 3 N–H and O–H groups in total. The maximum Gasteiger partial charge on any atom is 0.0464 e. The lowest BCUT2D eigenvalue weighted by Gasteiger charge is -2.07. The average Bonchev–Trinajstić information content (AvgIpc) is 1.97. The van der Waals surface area contributed by atoms with Gasteiger partial charge in [0.2, 0.25) is 0 Å². The first-order valence-corrected chi connectivity index (χ1v) is 5.26. The van der Waals surface area contributed by atoms with Gasteiger partial charge in [-0.2, -0.15) is 11.8 Å². The zero-order valence-corrected chi connectivity index (χ0v) is 8.23. The molecule has 2 nitrogen and oxygen atoms in total. The van der Waals surface area contributed by atoms with Crippen LogP contribution in [0, 0.1) is 5.92 Å². The molecule has 0 spiro atoms. The molecule has 2 unspecified atom stereocenters. The topological polar surface area (TPSA) is 46.2 Å². The molecule has 68 valence electrons. The molecule has 0 bridgehead atoms. The van der Waals surface area contributed by atoms with Gasteiger partial charge in [-0.1, -0.05) is 6.92 Å². The van der Waals surface area contributed by atoms with Gasteiger partial charge in [0.15, 0.2) is 0 Å². The van der Waals surface area contributed by atoms with Crippen LogP contribution in [0.4, 0.5) is 0 Å². The van der Waals surface area contributed by atoms with Gasteiger partial charge in [0.1, 0.15) is 0 Å². The summed E-state index contributed by atoms with van der Waals surface area (Å²) in [5, 5.41) is 8.71. The van der Waals surface area contributed by atoms with Crippen molar-refractivity contribution in [1.82, 2.24) is 0 Å². The first kappa shape index (κ1) is 11.3. The standard InChI is InChI=1S/C8H19NOS/c1-7(5-10)6-11-4-3-8(2)9/h7-8,10H,3-6,9H2,1-2H3. The third kappa shape index (κ3) is 8.17. The first-order chi connectivity index (χ1) is 5.16. The maximum absolute atomic E-state index is 8.71. The number of rotatable bonds is 6. The van der Waals surface area contributed by atoms with Gasteiger partial charge in [0, 0.05) is 12.6 Å². The summed E-state index contributed by atoms with van der Waals surface area (Å²) in [6.07, 6.45) is 1.07. The van der Waals surface area contributed by atoms with Crippen LogP contribution in [0.25, 0.3) is 0 Å². The summed E-state index contributed by atoms with van der Waals surface area (Å²) in [5.74, 6) is 2.58. The molecular weight excluding hydrogens is 158 g/mol. The summed E-state index contributed by atoms with van der Waals surface area (Å²) in [4.78, 5) is 0. The van der Waals surface area contributed by atoms with E-state index in [0.717, 1.165) is 17.9 Å². The van der Waals surface area contributed by atoms with Gasteiger partial charge < -0.3 is 10.8 Å². The molecule has 2 atom stereocenters. The second-order valence-electron chi connectivity index (χ2n) is 3.13. The molecule has 0 aromatic carbocycles. The minimum Gasteiger partial charge on any atom is -0.396 e. The van der Waals surface area contributed by atoms with Crippen molar-refractivity contribution < 1.29 is 5.11 Å². The smallest absolute Gasteiger partial charge is 0.0464 e. The molecule has 0 saturated carbocycles. The van der Waals surface area contributed by atoms with Crippen LogP contribution in [0.5, 0.6) is 0 Å². The van der Waals surface area contributed by atoms with Crippen molar-refractivity contribution >= 4 is 11.8 Å². The Morgan fingerprint density at radius 3 is 2.55 bits per heavy atom. The van der Waals surface area contributed by atoms with E-state index >= 15 is 0 Å². The van der Waals surface area contributed by atoms with E-state index in [9.17, 15) is 0 Å². The molecule has 0 rings (SSSR count). The van der Waals surface area contributed by atoms with Gasteiger partial charge in [-0.05, 0) is 30.8 Å². The largest absolute Gasteiger partial charge is 0.396 e. The van der Waals surface area contributed by atoms with Crippen molar-refractivity contribution in [3.8, 4) is 0 Å². The average molecular weight is 177 g/mol. The van der Waals surface area contributed by atoms with Crippen molar-refractivity contribution in [2.24, 2.45) is 11.7 Å². The zero-order valence-electron chi connectivity index (χ0n) is 7.42. The summed E-state index contributed by atoms with van der Waals surface area (Å²) in [6, 6.07) is 0.312. The van der Waals surface area contributed by atoms with Crippen LogP contribution in [0.1, 0.15) is 20.3 Å². The summed E-state index contributed by atoms with van der Waals surface area (Å²) >= 11 is 1.87. The number of nitrogens with two attached hydrogens (primary N) is 1. The molecule has 0 aliphatic heterocycles. The first-order valence-electron chi connectivity index (χ1n) is 4.11. The second kappa shape index (κ2) is 6.95. The third-order valence-electron chi connectivity index (χ3n) is 1.43. The predicted molar refractivity (Wildman–Crippen MR) is 51.8 cm³/mol. The fourth-order valence-electron chi connectivity index (χ4n) is 0.606. The van der Waals surface area contributed by atoms with E-state index in [4.69, 9.17) is 10.8 Å². The van der Waals surface area contributed by atoms with Crippen molar-refractivity contribution in [2.45, 2.75) is 26.3 Å². The van der Waals surface area contributed by atoms with Gasteiger partial charge >= 0.3 is 0 Å². The van der Waals surface area contributed by atoms with Gasteiger partial charge in [-0.15, -0.1) is 0 Å². The number of hydrogen-bond donors (Lipinski definition) is 2. The lowest BCUT2D eigenvalue weighted by molar-refractivity contribution is 0.250. The highest BCUT2D eigenvalue weighted by Crippen LogP contribution is 2.09. The highest BCUT2D eigenvalue weighted by Gasteiger charge is 2.00. The monoisotopic (exact) mass is 177 g/mol. The SMILES string of the molecule is CC(N)CCSCC(C)CO. The lowest BCUT2D eigenvalue weighted by atomic mass is 10.2. The molecule has 11 heavy (non-hydrogen) atoms. The number of hydrogen-bond acceptors (Lipinski definition) is 3. The highest BCUT2D eigenvalue weighted by molar-refractivity contribution is 7.99. The molecule has 0 aromatic heterocycles. The van der Waals surface area contributed by atoms with E-state index in [1.807, 2.05) is 18.7 Å².